The van der Waals surface area contributed by atoms with Crippen LogP contribution in [0.4, 0.5) is 0 Å². The fourth-order valence-corrected chi connectivity index (χ4v) is 2.12. The van der Waals surface area contributed by atoms with Gasteiger partial charge in [0.25, 0.3) is 0 Å². The Balaban J connectivity index is 0. The van der Waals surface area contributed by atoms with E-state index in [0.29, 0.717) is 10.8 Å². The molecule has 0 radical (unpaired) electrons. The van der Waals surface area contributed by atoms with E-state index in [-0.39, 0.29) is 0 Å². The Labute approximate surface area is 172 Å². The molecule has 27 heavy (non-hydrogen) atoms. The van der Waals surface area contributed by atoms with E-state index in [4.69, 9.17) is 0 Å². The molecule has 0 spiro atoms. The van der Waals surface area contributed by atoms with Crippen molar-refractivity contribution < 1.29 is 0 Å². The van der Waals surface area contributed by atoms with Gasteiger partial charge in [-0.05, 0) is 75.3 Å². The van der Waals surface area contributed by atoms with Gasteiger partial charge in [-0.15, -0.1) is 0 Å². The van der Waals surface area contributed by atoms with E-state index in [0.717, 1.165) is 5.92 Å². The second-order valence-corrected chi connectivity index (χ2v) is 11.1. The third-order valence-corrected chi connectivity index (χ3v) is 4.26. The average Bonchev–Trinajstić information content (AvgIpc) is 2.47. The van der Waals surface area contributed by atoms with Gasteiger partial charge in [0, 0.05) is 0 Å². The smallest absolute Gasteiger partial charge is 0.0299 e. The maximum atomic E-state index is 2.30. The van der Waals surface area contributed by atoms with Crippen LogP contribution in [0.5, 0.6) is 0 Å². The number of benzene rings is 1. The van der Waals surface area contributed by atoms with Crippen LogP contribution < -0.4 is 0 Å². The van der Waals surface area contributed by atoms with Crippen LogP contribution >= 0.6 is 0 Å². The van der Waals surface area contributed by atoms with Crippen LogP contribution in [-0.4, -0.2) is 0 Å². The number of aryl methyl sites for hydroxylation is 3. The van der Waals surface area contributed by atoms with Crippen molar-refractivity contribution in [1.29, 1.82) is 0 Å². The first-order chi connectivity index (χ1) is 12.0. The van der Waals surface area contributed by atoms with Crippen molar-refractivity contribution in [2.24, 2.45) is 16.7 Å². The molecule has 1 aromatic carbocycles. The average molecular weight is 375 g/mol. The summed E-state index contributed by atoms with van der Waals surface area (Å²) in [6, 6.07) is 6.50. The summed E-state index contributed by atoms with van der Waals surface area (Å²) in [7, 11) is 0. The minimum absolute atomic E-state index is 0.456. The van der Waals surface area contributed by atoms with E-state index in [1.165, 1.54) is 41.5 Å². The van der Waals surface area contributed by atoms with Gasteiger partial charge in [0.2, 0.25) is 0 Å². The number of hydrogen-bond acceptors (Lipinski definition) is 0. The molecule has 0 aliphatic heterocycles. The third kappa shape index (κ3) is 22.9. The van der Waals surface area contributed by atoms with Gasteiger partial charge in [0.15, 0.2) is 0 Å². The fraction of sp³-hybridized carbons (Fsp3) is 0.704. The molecule has 0 atom stereocenters. The fourth-order valence-electron chi connectivity index (χ4n) is 2.12. The van der Waals surface area contributed by atoms with Crippen LogP contribution in [0.2, 0.25) is 0 Å². The Morgan fingerprint density at radius 2 is 1.37 bits per heavy atom. The molecular formula is C27H50. The van der Waals surface area contributed by atoms with Crippen molar-refractivity contribution in [3.63, 3.8) is 0 Å². The number of rotatable bonds is 3. The zero-order chi connectivity index (χ0) is 21.8. The summed E-state index contributed by atoms with van der Waals surface area (Å²) in [5, 5.41) is 0. The van der Waals surface area contributed by atoms with Crippen LogP contribution in [0.3, 0.4) is 0 Å². The molecule has 0 unspecified atom stereocenters. The molecule has 0 nitrogen and oxygen atoms in total. The van der Waals surface area contributed by atoms with Crippen molar-refractivity contribution in [1.82, 2.24) is 0 Å². The van der Waals surface area contributed by atoms with Gasteiger partial charge < -0.3 is 0 Å². The topological polar surface area (TPSA) is 0 Å². The molecule has 0 bridgehead atoms. The van der Waals surface area contributed by atoms with Crippen LogP contribution in [0.1, 0.15) is 105 Å². The normalized spacial score (nSPS) is 11.2. The zero-order valence-corrected chi connectivity index (χ0v) is 21.0. The van der Waals surface area contributed by atoms with Gasteiger partial charge in [-0.3, -0.25) is 0 Å². The highest BCUT2D eigenvalue weighted by molar-refractivity contribution is 5.28. The van der Waals surface area contributed by atoms with Crippen molar-refractivity contribution in [3.8, 4) is 0 Å². The summed E-state index contributed by atoms with van der Waals surface area (Å²) in [5.74, 6) is 0.865. The number of hydrogen-bond donors (Lipinski definition) is 0. The Morgan fingerprint density at radius 3 is 1.59 bits per heavy atom. The van der Waals surface area contributed by atoms with Crippen molar-refractivity contribution in [3.05, 3.63) is 46.5 Å². The highest BCUT2D eigenvalue weighted by Gasteiger charge is 2.09. The van der Waals surface area contributed by atoms with E-state index in [1.54, 1.807) is 0 Å². The van der Waals surface area contributed by atoms with E-state index < -0.39 is 0 Å². The van der Waals surface area contributed by atoms with Crippen molar-refractivity contribution in [2.75, 3.05) is 0 Å². The first-order valence-corrected chi connectivity index (χ1v) is 10.7. The van der Waals surface area contributed by atoms with E-state index in [1.807, 2.05) is 0 Å². The predicted octanol–water partition coefficient (Wildman–Crippen LogP) is 9.47. The van der Waals surface area contributed by atoms with Crippen molar-refractivity contribution >= 4 is 0 Å². The molecule has 0 heterocycles. The lowest BCUT2D eigenvalue weighted by atomic mass is 9.88. The van der Waals surface area contributed by atoms with Crippen LogP contribution in [-0.2, 0) is 0 Å². The van der Waals surface area contributed by atoms with Crippen LogP contribution in [0.15, 0.2) is 29.8 Å². The Hall–Kier alpha value is -1.04. The monoisotopic (exact) mass is 374 g/mol. The predicted molar refractivity (Wildman–Crippen MR) is 128 cm³/mol. The first kappa shape index (κ1) is 28.2. The molecule has 0 amide bonds. The summed E-state index contributed by atoms with van der Waals surface area (Å²) in [6.45, 7) is 28.9. The summed E-state index contributed by atoms with van der Waals surface area (Å²) >= 11 is 0. The Kier molecular flexibility index (Phi) is 13.8. The van der Waals surface area contributed by atoms with E-state index >= 15 is 0 Å². The maximum Gasteiger partial charge on any atom is -0.0299 e. The summed E-state index contributed by atoms with van der Waals surface area (Å²) < 4.78 is 0. The molecule has 0 heteroatoms. The maximum absolute atomic E-state index is 2.30. The Bertz CT molecular complexity index is 526. The Morgan fingerprint density at radius 1 is 0.852 bits per heavy atom. The summed E-state index contributed by atoms with van der Waals surface area (Å²) in [5.41, 5.74) is 6.51. The van der Waals surface area contributed by atoms with Gasteiger partial charge >= 0.3 is 0 Å². The van der Waals surface area contributed by atoms with E-state index in [9.17, 15) is 0 Å². The highest BCUT2D eigenvalue weighted by Crippen LogP contribution is 2.23. The largest absolute Gasteiger partial charge is 0.0854 e. The molecule has 1 aromatic rings. The second kappa shape index (κ2) is 13.2. The molecule has 158 valence electrons. The second-order valence-electron chi connectivity index (χ2n) is 11.1. The molecule has 0 saturated heterocycles. The highest BCUT2D eigenvalue weighted by atomic mass is 14.2. The van der Waals surface area contributed by atoms with Crippen LogP contribution in [0.25, 0.3) is 0 Å². The lowest BCUT2D eigenvalue weighted by Gasteiger charge is -2.18. The lowest BCUT2D eigenvalue weighted by molar-refractivity contribution is 0.338. The minimum Gasteiger partial charge on any atom is -0.0854 e. The molecule has 0 saturated carbocycles. The molecule has 0 fully saturated rings. The SMILES string of the molecule is CC(C)=CCC(C)(C)C.CC(C)CCC(C)(C)C.Cc1ccc(C)c(C)c1. The van der Waals surface area contributed by atoms with Gasteiger partial charge in [0.05, 0.1) is 0 Å². The van der Waals surface area contributed by atoms with Gasteiger partial charge in [0.1, 0.15) is 0 Å². The van der Waals surface area contributed by atoms with Gasteiger partial charge in [-0.25, -0.2) is 0 Å². The summed E-state index contributed by atoms with van der Waals surface area (Å²) in [6.07, 6.45) is 6.20. The molecular weight excluding hydrogens is 324 g/mol. The van der Waals surface area contributed by atoms with Gasteiger partial charge in [-0.2, -0.15) is 0 Å². The minimum atomic E-state index is 0.456. The van der Waals surface area contributed by atoms with Crippen molar-refractivity contribution in [2.45, 2.75) is 109 Å². The number of allylic oxidation sites excluding steroid dienone is 2. The molecule has 0 aliphatic carbocycles. The molecule has 0 aromatic heterocycles. The first-order valence-electron chi connectivity index (χ1n) is 10.7. The molecule has 1 rings (SSSR count). The molecule has 0 aliphatic rings. The standard InChI is InChI=1S/C9H12.C9H20.C9H18/c1-7-4-5-8(2)9(3)6-7;2*1-8(2)6-7-9(3,4)5/h4-6H,1-3H3;8H,6-7H2,1-5H3;6H,7H2,1-5H3. The quantitative estimate of drug-likeness (QED) is 0.462. The van der Waals surface area contributed by atoms with E-state index in [2.05, 4.69) is 114 Å². The summed E-state index contributed by atoms with van der Waals surface area (Å²) in [4.78, 5) is 0. The third-order valence-electron chi connectivity index (χ3n) is 4.26. The molecule has 0 N–H and O–H groups in total. The van der Waals surface area contributed by atoms with Gasteiger partial charge in [-0.1, -0.05) is 97.2 Å². The zero-order valence-electron chi connectivity index (χ0n) is 21.0. The lowest BCUT2D eigenvalue weighted by Crippen LogP contribution is -2.05. The van der Waals surface area contributed by atoms with Crippen LogP contribution in [0, 0.1) is 37.5 Å².